The van der Waals surface area contributed by atoms with Crippen molar-refractivity contribution in [1.29, 1.82) is 0 Å². The maximum Gasteiger partial charge on any atom is 0.138 e. The van der Waals surface area contributed by atoms with Gasteiger partial charge in [0.2, 0.25) is 0 Å². The van der Waals surface area contributed by atoms with E-state index >= 15 is 0 Å². The number of aromatic hydroxyl groups is 1. The molecule has 0 saturated carbocycles. The molecule has 3 N–H and O–H groups in total. The summed E-state index contributed by atoms with van der Waals surface area (Å²) < 4.78 is 0. The molecule has 4 nitrogen and oxygen atoms in total. The van der Waals surface area contributed by atoms with E-state index in [2.05, 4.69) is 23.8 Å². The van der Waals surface area contributed by atoms with Crippen LogP contribution in [0.5, 0.6) is 5.75 Å². The van der Waals surface area contributed by atoms with Gasteiger partial charge in [-0.2, -0.15) is 0 Å². The predicted octanol–water partition coefficient (Wildman–Crippen LogP) is 1.89. The lowest BCUT2D eigenvalue weighted by atomic mass is 10.1. The van der Waals surface area contributed by atoms with Crippen LogP contribution in [-0.2, 0) is 6.54 Å². The van der Waals surface area contributed by atoms with Gasteiger partial charge in [0.25, 0.3) is 0 Å². The molecule has 0 amide bonds. The van der Waals surface area contributed by atoms with Crippen LogP contribution in [0.2, 0.25) is 0 Å². The van der Waals surface area contributed by atoms with Crippen molar-refractivity contribution in [3.63, 3.8) is 0 Å². The van der Waals surface area contributed by atoms with Gasteiger partial charge in [-0.1, -0.05) is 13.0 Å². The maximum atomic E-state index is 9.48. The van der Waals surface area contributed by atoms with Crippen molar-refractivity contribution in [3.8, 4) is 5.75 Å². The fourth-order valence-electron chi connectivity index (χ4n) is 2.83. The first kappa shape index (κ1) is 14.2. The lowest BCUT2D eigenvalue weighted by Gasteiger charge is -2.30. The molecule has 1 unspecified atom stereocenters. The Morgan fingerprint density at radius 3 is 2.84 bits per heavy atom. The zero-order valence-corrected chi connectivity index (χ0v) is 12.0. The number of likely N-dealkylation sites (N-methyl/N-ethyl adjacent to an activating group) is 1. The molecule has 1 saturated heterocycles. The first-order valence-corrected chi connectivity index (χ1v) is 7.10. The molecule has 0 spiro atoms. The molecule has 1 aromatic rings. The second-order valence-corrected chi connectivity index (χ2v) is 5.54. The Labute approximate surface area is 115 Å². The second-order valence-electron chi connectivity index (χ2n) is 5.54. The van der Waals surface area contributed by atoms with E-state index in [1.807, 2.05) is 12.1 Å². The number of phenols is 1. The van der Waals surface area contributed by atoms with E-state index in [4.69, 9.17) is 5.73 Å². The van der Waals surface area contributed by atoms with E-state index in [0.29, 0.717) is 11.7 Å². The van der Waals surface area contributed by atoms with Crippen LogP contribution in [0.3, 0.4) is 0 Å². The van der Waals surface area contributed by atoms with Gasteiger partial charge in [0.1, 0.15) is 5.75 Å². The third-order valence-electron chi connectivity index (χ3n) is 3.97. The molecule has 1 aromatic carbocycles. The summed E-state index contributed by atoms with van der Waals surface area (Å²) >= 11 is 0. The fourth-order valence-corrected chi connectivity index (χ4v) is 2.83. The van der Waals surface area contributed by atoms with Crippen LogP contribution in [0.25, 0.3) is 0 Å². The molecule has 1 heterocycles. The average Bonchev–Trinajstić information content (AvgIpc) is 2.56. The average molecular weight is 263 g/mol. The van der Waals surface area contributed by atoms with Crippen LogP contribution < -0.4 is 5.73 Å². The van der Waals surface area contributed by atoms with E-state index in [0.717, 1.165) is 26.1 Å². The van der Waals surface area contributed by atoms with Gasteiger partial charge in [-0.05, 0) is 44.1 Å². The van der Waals surface area contributed by atoms with Gasteiger partial charge in [-0.25, -0.2) is 0 Å². The summed E-state index contributed by atoms with van der Waals surface area (Å²) in [5.41, 5.74) is 7.42. The highest BCUT2D eigenvalue weighted by Gasteiger charge is 2.21. The third-order valence-corrected chi connectivity index (χ3v) is 3.97. The molecule has 1 fully saturated rings. The number of phenolic OH excluding ortho intramolecular Hbond substituents is 1. The van der Waals surface area contributed by atoms with Crippen molar-refractivity contribution in [2.75, 3.05) is 32.4 Å². The Morgan fingerprint density at radius 1 is 1.37 bits per heavy atom. The molecule has 19 heavy (non-hydrogen) atoms. The highest BCUT2D eigenvalue weighted by molar-refractivity contribution is 5.53. The van der Waals surface area contributed by atoms with Crippen molar-refractivity contribution >= 4 is 5.69 Å². The largest absolute Gasteiger partial charge is 0.506 e. The molecular formula is C15H25N3O. The van der Waals surface area contributed by atoms with Gasteiger partial charge in [0.15, 0.2) is 0 Å². The Bertz CT molecular complexity index is 422. The van der Waals surface area contributed by atoms with E-state index < -0.39 is 0 Å². The minimum absolute atomic E-state index is 0.173. The maximum absolute atomic E-state index is 9.48. The number of nitrogen functional groups attached to an aromatic ring is 1. The zero-order valence-electron chi connectivity index (χ0n) is 12.0. The van der Waals surface area contributed by atoms with Crippen molar-refractivity contribution in [2.45, 2.75) is 32.4 Å². The van der Waals surface area contributed by atoms with Gasteiger partial charge in [0.05, 0.1) is 5.69 Å². The van der Waals surface area contributed by atoms with Gasteiger partial charge in [0, 0.05) is 25.7 Å². The minimum Gasteiger partial charge on any atom is -0.506 e. The lowest BCUT2D eigenvalue weighted by Crippen LogP contribution is -2.39. The van der Waals surface area contributed by atoms with Gasteiger partial charge < -0.3 is 15.7 Å². The van der Waals surface area contributed by atoms with Crippen LogP contribution in [0.1, 0.15) is 25.3 Å². The first-order valence-electron chi connectivity index (χ1n) is 7.10. The molecule has 0 aliphatic carbocycles. The van der Waals surface area contributed by atoms with Crippen LogP contribution in [0.4, 0.5) is 5.69 Å². The van der Waals surface area contributed by atoms with Crippen LogP contribution >= 0.6 is 0 Å². The molecule has 0 radical (unpaired) electrons. The van der Waals surface area contributed by atoms with Crippen molar-refractivity contribution in [3.05, 3.63) is 23.8 Å². The Balaban J connectivity index is 2.08. The number of hydrogen-bond acceptors (Lipinski definition) is 4. The number of hydrogen-bond donors (Lipinski definition) is 2. The first-order chi connectivity index (χ1) is 9.10. The highest BCUT2D eigenvalue weighted by atomic mass is 16.3. The quantitative estimate of drug-likeness (QED) is 0.646. The van der Waals surface area contributed by atoms with Gasteiger partial charge in [-0.3, -0.25) is 4.90 Å². The number of nitrogens with two attached hydrogens (primary N) is 1. The predicted molar refractivity (Wildman–Crippen MR) is 79.1 cm³/mol. The molecule has 0 aromatic heterocycles. The summed E-state index contributed by atoms with van der Waals surface area (Å²) in [6, 6.07) is 6.14. The Morgan fingerprint density at radius 2 is 2.16 bits per heavy atom. The third kappa shape index (κ3) is 3.61. The molecule has 1 atom stereocenters. The Kier molecular flexibility index (Phi) is 4.66. The molecule has 106 valence electrons. The standard InChI is InChI=1S/C15H25N3O/c1-3-13-11-17(2)7-4-8-18(13)10-12-5-6-15(19)14(16)9-12/h5-6,9,13,19H,3-4,7-8,10-11,16H2,1-2H3. The van der Waals surface area contributed by atoms with E-state index in [1.54, 1.807) is 6.07 Å². The number of rotatable bonds is 3. The van der Waals surface area contributed by atoms with Gasteiger partial charge in [-0.15, -0.1) is 0 Å². The number of benzene rings is 1. The molecule has 2 rings (SSSR count). The zero-order chi connectivity index (χ0) is 13.8. The fraction of sp³-hybridized carbons (Fsp3) is 0.600. The summed E-state index contributed by atoms with van der Waals surface area (Å²) in [7, 11) is 2.20. The van der Waals surface area contributed by atoms with Crippen molar-refractivity contribution < 1.29 is 5.11 Å². The van der Waals surface area contributed by atoms with Crippen molar-refractivity contribution in [1.82, 2.24) is 9.80 Å². The SMILES string of the molecule is CCC1CN(C)CCCN1Cc1ccc(O)c(N)c1. The summed E-state index contributed by atoms with van der Waals surface area (Å²) in [4.78, 5) is 4.95. The second kappa shape index (κ2) is 6.26. The minimum atomic E-state index is 0.173. The summed E-state index contributed by atoms with van der Waals surface area (Å²) in [5, 5.41) is 9.48. The van der Waals surface area contributed by atoms with Crippen LogP contribution in [0, 0.1) is 0 Å². The number of anilines is 1. The monoisotopic (exact) mass is 263 g/mol. The lowest BCUT2D eigenvalue weighted by molar-refractivity contribution is 0.176. The summed E-state index contributed by atoms with van der Waals surface area (Å²) in [6.45, 7) is 6.59. The van der Waals surface area contributed by atoms with Crippen LogP contribution in [-0.4, -0.2) is 47.6 Å². The molecule has 1 aliphatic rings. The summed E-state index contributed by atoms with van der Waals surface area (Å²) in [5.74, 6) is 0.173. The summed E-state index contributed by atoms with van der Waals surface area (Å²) in [6.07, 6.45) is 2.37. The van der Waals surface area contributed by atoms with E-state index in [-0.39, 0.29) is 5.75 Å². The molecule has 0 bridgehead atoms. The molecule has 4 heteroatoms. The number of nitrogens with zero attached hydrogens (tertiary/aromatic N) is 2. The molecular weight excluding hydrogens is 238 g/mol. The highest BCUT2D eigenvalue weighted by Crippen LogP contribution is 2.23. The van der Waals surface area contributed by atoms with Gasteiger partial charge >= 0.3 is 0 Å². The molecule has 1 aliphatic heterocycles. The topological polar surface area (TPSA) is 52.7 Å². The van der Waals surface area contributed by atoms with E-state index in [1.165, 1.54) is 18.5 Å². The smallest absolute Gasteiger partial charge is 0.138 e. The van der Waals surface area contributed by atoms with E-state index in [9.17, 15) is 5.11 Å². The Hall–Kier alpha value is -1.26. The normalized spacial score (nSPS) is 22.3. The van der Waals surface area contributed by atoms with Crippen LogP contribution in [0.15, 0.2) is 18.2 Å². The van der Waals surface area contributed by atoms with Crippen molar-refractivity contribution in [2.24, 2.45) is 0 Å².